The van der Waals surface area contributed by atoms with Gasteiger partial charge in [0.05, 0.1) is 38.6 Å². The van der Waals surface area contributed by atoms with Crippen LogP contribution in [0.5, 0.6) is 0 Å². The zero-order valence-corrected chi connectivity index (χ0v) is 26.4. The van der Waals surface area contributed by atoms with Gasteiger partial charge in [-0.15, -0.1) is 0 Å². The number of rotatable bonds is 6. The first-order chi connectivity index (χ1) is 21.8. The number of benzene rings is 1. The highest BCUT2D eigenvalue weighted by molar-refractivity contribution is 5.87. The maximum absolute atomic E-state index is 13.4. The van der Waals surface area contributed by atoms with Crippen molar-refractivity contribution in [2.75, 3.05) is 13.7 Å². The molecular weight excluding hydrogens is 592 g/mol. The van der Waals surface area contributed by atoms with Crippen molar-refractivity contribution in [2.24, 2.45) is 34.0 Å². The van der Waals surface area contributed by atoms with Gasteiger partial charge in [-0.05, 0) is 48.0 Å². The van der Waals surface area contributed by atoms with E-state index in [1.807, 2.05) is 51.1 Å². The predicted molar refractivity (Wildman–Crippen MR) is 162 cm³/mol. The van der Waals surface area contributed by atoms with E-state index in [4.69, 9.17) is 23.4 Å². The molecule has 0 amide bonds. The smallest absolute Gasteiger partial charge is 0.331 e. The first-order valence-electron chi connectivity index (χ1n) is 15.8. The van der Waals surface area contributed by atoms with Crippen LogP contribution in [0.3, 0.4) is 0 Å². The second kappa shape index (κ2) is 10.4. The van der Waals surface area contributed by atoms with E-state index in [2.05, 4.69) is 0 Å². The van der Waals surface area contributed by atoms with Crippen LogP contribution in [0.25, 0.3) is 6.08 Å². The summed E-state index contributed by atoms with van der Waals surface area (Å²) in [7, 11) is 1.32. The Morgan fingerprint density at radius 2 is 1.87 bits per heavy atom. The second-order valence-electron chi connectivity index (χ2n) is 14.3. The number of carbonyl (C=O) groups is 3. The first-order valence-corrected chi connectivity index (χ1v) is 15.8. The van der Waals surface area contributed by atoms with Crippen molar-refractivity contribution in [3.63, 3.8) is 0 Å². The summed E-state index contributed by atoms with van der Waals surface area (Å²) < 4.78 is 28.9. The fourth-order valence-electron chi connectivity index (χ4n) is 9.81. The summed E-state index contributed by atoms with van der Waals surface area (Å²) in [5.74, 6) is -5.41. The molecule has 4 bridgehead atoms. The van der Waals surface area contributed by atoms with Crippen LogP contribution < -0.4 is 0 Å². The number of hydrogen-bond acceptors (Lipinski definition) is 10. The number of fused-ring (bicyclic) bond motifs is 4. The summed E-state index contributed by atoms with van der Waals surface area (Å²) in [4.78, 5) is 39.6. The molecule has 6 aliphatic rings. The van der Waals surface area contributed by atoms with Gasteiger partial charge in [-0.1, -0.05) is 57.2 Å². The van der Waals surface area contributed by atoms with Gasteiger partial charge in [0, 0.05) is 34.3 Å². The summed E-state index contributed by atoms with van der Waals surface area (Å²) >= 11 is 0. The van der Waals surface area contributed by atoms with E-state index in [9.17, 15) is 24.6 Å². The molecule has 10 heteroatoms. The molecule has 2 N–H and O–H groups in total. The van der Waals surface area contributed by atoms with Crippen LogP contribution in [-0.2, 0) is 33.3 Å². The largest absolute Gasteiger partial charge is 0.472 e. The van der Waals surface area contributed by atoms with E-state index in [-0.39, 0.29) is 19.4 Å². The van der Waals surface area contributed by atoms with Crippen LogP contribution in [0, 0.1) is 34.0 Å². The lowest BCUT2D eigenvalue weighted by atomic mass is 9.36. The SMILES string of the molecule is COC(=O)C[C@@H]1C2(C)[C@H]3CC[C@@]4(C)[C@H](c5ccoc5)OC(=O)C[C@@]4(O)C3=C[C@H]3[C@@H](OC(=O)/C=C/c4ccccc4)[C@@]1(C)CO[C@]32O. The van der Waals surface area contributed by atoms with Crippen molar-refractivity contribution in [3.8, 4) is 0 Å². The van der Waals surface area contributed by atoms with Gasteiger partial charge in [0.25, 0.3) is 0 Å². The molecule has 1 aromatic heterocycles. The summed E-state index contributed by atoms with van der Waals surface area (Å²) in [6.07, 6.45) is 6.74. The first kappa shape index (κ1) is 30.9. The van der Waals surface area contributed by atoms with Crippen LogP contribution >= 0.6 is 0 Å². The van der Waals surface area contributed by atoms with Crippen LogP contribution in [0.2, 0.25) is 0 Å². The normalized spacial score (nSPS) is 42.4. The fourth-order valence-corrected chi connectivity index (χ4v) is 9.81. The Bertz CT molecular complexity index is 1610. The summed E-state index contributed by atoms with van der Waals surface area (Å²) in [5, 5.41) is 25.5. The number of cyclic esters (lactones) is 1. The summed E-state index contributed by atoms with van der Waals surface area (Å²) in [6, 6.07) is 11.1. The highest BCUT2D eigenvalue weighted by atomic mass is 16.6. The lowest BCUT2D eigenvalue weighted by Crippen LogP contribution is -2.80. The molecular formula is C36H40O10. The Balaban J connectivity index is 1.36. The molecule has 0 radical (unpaired) electrons. The highest BCUT2D eigenvalue weighted by Gasteiger charge is 2.80. The molecule has 3 saturated heterocycles. The molecule has 10 atom stereocenters. The molecule has 1 aromatic carbocycles. The molecule has 4 heterocycles. The van der Waals surface area contributed by atoms with Crippen molar-refractivity contribution in [3.05, 3.63) is 77.8 Å². The molecule has 3 aliphatic heterocycles. The molecule has 2 saturated carbocycles. The van der Waals surface area contributed by atoms with E-state index >= 15 is 0 Å². The van der Waals surface area contributed by atoms with Gasteiger partial charge in [-0.2, -0.15) is 0 Å². The average molecular weight is 633 g/mol. The van der Waals surface area contributed by atoms with E-state index in [0.29, 0.717) is 24.0 Å². The van der Waals surface area contributed by atoms with Crippen molar-refractivity contribution in [1.82, 2.24) is 0 Å². The Kier molecular flexibility index (Phi) is 6.98. The van der Waals surface area contributed by atoms with Gasteiger partial charge >= 0.3 is 17.9 Å². The third-order valence-electron chi connectivity index (χ3n) is 12.3. The number of esters is 3. The van der Waals surface area contributed by atoms with Gasteiger partial charge in [0.1, 0.15) is 17.8 Å². The van der Waals surface area contributed by atoms with Crippen molar-refractivity contribution < 1.29 is 48.0 Å². The van der Waals surface area contributed by atoms with Crippen molar-refractivity contribution >= 4 is 24.0 Å². The lowest BCUT2D eigenvalue weighted by molar-refractivity contribution is -0.429. The quantitative estimate of drug-likeness (QED) is 0.202. The Hall–Kier alpha value is -3.73. The number of methoxy groups -OCH3 is 1. The monoisotopic (exact) mass is 632 g/mol. The minimum absolute atomic E-state index is 0.0460. The van der Waals surface area contributed by atoms with Crippen LogP contribution in [0.15, 0.2) is 71.1 Å². The average Bonchev–Trinajstić information content (AvgIpc) is 3.57. The third-order valence-corrected chi connectivity index (χ3v) is 12.3. The number of furan rings is 1. The van der Waals surface area contributed by atoms with Gasteiger partial charge < -0.3 is 33.6 Å². The molecule has 244 valence electrons. The molecule has 2 aromatic rings. The minimum atomic E-state index is -1.84. The standard InChI is InChI=1S/C36H40O10/c1-32-20-44-36(41)25(31(32)45-27(37)11-10-21-8-6-5-7-9-21)16-24-23(34(36,3)26(32)17-28(38)42-4)12-14-33(2)30(22-13-15-43-19-22)46-29(39)18-35(24,33)40/h5-11,13,15-16,19,23,25-26,30-31,40-41H,12,14,17-18,20H2,1-4H3/b11-10+/t23-,25-,26-,30-,31+,32-,33-,34?,35+,36+/m0/s1. The number of carbonyl (C=O) groups excluding carboxylic acids is 3. The minimum Gasteiger partial charge on any atom is -0.472 e. The summed E-state index contributed by atoms with van der Waals surface area (Å²) in [6.45, 7) is 5.79. The fraction of sp³-hybridized carbons (Fsp3) is 0.528. The molecule has 0 spiro atoms. The number of aliphatic hydroxyl groups is 2. The molecule has 3 aliphatic carbocycles. The lowest BCUT2D eigenvalue weighted by Gasteiger charge is -2.74. The second-order valence-corrected chi connectivity index (χ2v) is 14.3. The topological polar surface area (TPSA) is 142 Å². The molecule has 10 nitrogen and oxygen atoms in total. The van der Waals surface area contributed by atoms with Crippen LogP contribution in [0.4, 0.5) is 0 Å². The van der Waals surface area contributed by atoms with Gasteiger partial charge in [-0.3, -0.25) is 9.59 Å². The number of ether oxygens (including phenoxy) is 4. The Morgan fingerprint density at radius 1 is 1.11 bits per heavy atom. The molecule has 5 fully saturated rings. The highest BCUT2D eigenvalue weighted by Crippen LogP contribution is 2.75. The maximum Gasteiger partial charge on any atom is 0.331 e. The number of hydrogen-bond donors (Lipinski definition) is 2. The van der Waals surface area contributed by atoms with Gasteiger partial charge in [0.15, 0.2) is 5.79 Å². The Labute approximate surface area is 267 Å². The zero-order valence-electron chi connectivity index (χ0n) is 26.4. The molecule has 8 rings (SSSR count). The van der Waals surface area contributed by atoms with Gasteiger partial charge in [-0.25, -0.2) is 4.79 Å². The van der Waals surface area contributed by atoms with E-state index in [1.54, 1.807) is 18.2 Å². The van der Waals surface area contributed by atoms with Crippen molar-refractivity contribution in [2.45, 2.75) is 70.1 Å². The van der Waals surface area contributed by atoms with E-state index < -0.39 is 75.5 Å². The van der Waals surface area contributed by atoms with Gasteiger partial charge in [0.2, 0.25) is 0 Å². The van der Waals surface area contributed by atoms with Crippen LogP contribution in [-0.4, -0.2) is 59.3 Å². The summed E-state index contributed by atoms with van der Waals surface area (Å²) in [5.41, 5.74) is -2.59. The van der Waals surface area contributed by atoms with Crippen LogP contribution in [0.1, 0.15) is 63.7 Å². The Morgan fingerprint density at radius 3 is 2.57 bits per heavy atom. The third kappa shape index (κ3) is 4.02. The van der Waals surface area contributed by atoms with E-state index in [0.717, 1.165) is 5.56 Å². The molecule has 1 unspecified atom stereocenters. The van der Waals surface area contributed by atoms with E-state index in [1.165, 1.54) is 25.7 Å². The van der Waals surface area contributed by atoms with Crippen molar-refractivity contribution in [1.29, 1.82) is 0 Å². The zero-order chi connectivity index (χ0) is 32.7. The predicted octanol–water partition coefficient (Wildman–Crippen LogP) is 4.52. The molecule has 46 heavy (non-hydrogen) atoms. The maximum atomic E-state index is 13.4.